The van der Waals surface area contributed by atoms with Crippen LogP contribution in [0.3, 0.4) is 0 Å². The monoisotopic (exact) mass is 374 g/mol. The molecule has 0 unspecified atom stereocenters. The summed E-state index contributed by atoms with van der Waals surface area (Å²) in [7, 11) is -8.81. The third-order valence-corrected chi connectivity index (χ3v) is 6.16. The molecule has 2 rings (SSSR count). The van der Waals surface area contributed by atoms with Gasteiger partial charge in [0.05, 0.1) is 11.4 Å². The number of hydrogen-bond acceptors (Lipinski definition) is 5. The van der Waals surface area contributed by atoms with E-state index in [1.54, 1.807) is 6.92 Å². The van der Waals surface area contributed by atoms with Crippen LogP contribution in [0.1, 0.15) is 37.7 Å². The Bertz CT molecular complexity index is 1040. The number of aliphatic imine (C=N–C) groups is 1. The van der Waals surface area contributed by atoms with Gasteiger partial charge in [0.2, 0.25) is 0 Å². The van der Waals surface area contributed by atoms with Gasteiger partial charge in [-0.2, -0.15) is 16.8 Å². The fourth-order valence-corrected chi connectivity index (χ4v) is 4.87. The minimum Gasteiger partial charge on any atom is -0.357 e. The lowest BCUT2D eigenvalue weighted by Gasteiger charge is -2.06. The van der Waals surface area contributed by atoms with E-state index in [9.17, 15) is 25.9 Å². The van der Waals surface area contributed by atoms with Gasteiger partial charge in [0, 0.05) is 11.4 Å². The molecular weight excluding hydrogens is 356 g/mol. The molecule has 132 valence electrons. The van der Waals surface area contributed by atoms with E-state index in [4.69, 9.17) is 0 Å². The standard InChI is InChI=1S/C14H18N2O6S2/c1-6(11-7(2)13(9(4)15-11)23(17,18)19)12-8(3)14(10(5)16-12)24(20,21)22/h15H,1-5H3,(H,17,18,19)(H,20,21,22). The van der Waals surface area contributed by atoms with Crippen molar-refractivity contribution in [2.24, 2.45) is 4.99 Å². The van der Waals surface area contributed by atoms with Gasteiger partial charge in [0.25, 0.3) is 20.2 Å². The molecule has 3 N–H and O–H groups in total. The van der Waals surface area contributed by atoms with Gasteiger partial charge in [-0.1, -0.05) is 0 Å². The Labute approximate surface area is 140 Å². The summed E-state index contributed by atoms with van der Waals surface area (Å²) in [4.78, 5) is 6.60. The molecule has 0 fully saturated rings. The lowest BCUT2D eigenvalue weighted by Crippen LogP contribution is -2.08. The van der Waals surface area contributed by atoms with Crippen molar-refractivity contribution < 1.29 is 25.9 Å². The van der Waals surface area contributed by atoms with E-state index in [-0.39, 0.29) is 26.8 Å². The van der Waals surface area contributed by atoms with Crippen LogP contribution in [0.4, 0.5) is 0 Å². The molecule has 1 aliphatic rings. The average Bonchev–Trinajstić information content (AvgIpc) is 2.84. The van der Waals surface area contributed by atoms with Gasteiger partial charge in [0.15, 0.2) is 0 Å². The first-order chi connectivity index (χ1) is 10.8. The highest BCUT2D eigenvalue weighted by molar-refractivity contribution is 7.91. The third-order valence-electron chi connectivity index (χ3n) is 3.92. The van der Waals surface area contributed by atoms with Gasteiger partial charge in [-0.15, -0.1) is 0 Å². The summed E-state index contributed by atoms with van der Waals surface area (Å²) >= 11 is 0. The zero-order valence-electron chi connectivity index (χ0n) is 13.8. The van der Waals surface area contributed by atoms with E-state index >= 15 is 0 Å². The number of aromatic amines is 1. The summed E-state index contributed by atoms with van der Waals surface area (Å²) in [5, 5.41) is 0. The summed E-state index contributed by atoms with van der Waals surface area (Å²) in [6, 6.07) is 0. The second-order valence-electron chi connectivity index (χ2n) is 5.65. The first-order valence-electron chi connectivity index (χ1n) is 6.89. The molecule has 0 aliphatic carbocycles. The van der Waals surface area contributed by atoms with Crippen LogP contribution in [0.5, 0.6) is 0 Å². The molecule has 0 bridgehead atoms. The van der Waals surface area contributed by atoms with Crippen molar-refractivity contribution in [3.8, 4) is 0 Å². The lowest BCUT2D eigenvalue weighted by molar-refractivity contribution is 0.481. The van der Waals surface area contributed by atoms with Crippen LogP contribution in [0.15, 0.2) is 26.1 Å². The SMILES string of the molecule is CC1=NC(=C(C)c2[nH]c(C)c(S(=O)(=O)O)c2C)C(C)=C1S(=O)(=O)O. The number of nitrogens with one attached hydrogen (secondary N) is 1. The molecule has 0 radical (unpaired) electrons. The molecule has 0 saturated heterocycles. The van der Waals surface area contributed by atoms with E-state index in [1.807, 2.05) is 0 Å². The van der Waals surface area contributed by atoms with Crippen molar-refractivity contribution in [2.75, 3.05) is 0 Å². The van der Waals surface area contributed by atoms with Crippen molar-refractivity contribution >= 4 is 31.5 Å². The number of H-pyrrole nitrogens is 1. The quantitative estimate of drug-likeness (QED) is 0.694. The molecule has 24 heavy (non-hydrogen) atoms. The molecule has 2 heterocycles. The fraction of sp³-hybridized carbons (Fsp3) is 0.357. The van der Waals surface area contributed by atoms with E-state index in [1.165, 1.54) is 27.7 Å². The second-order valence-corrected chi connectivity index (χ2v) is 8.37. The first-order valence-corrected chi connectivity index (χ1v) is 9.77. The van der Waals surface area contributed by atoms with E-state index in [0.29, 0.717) is 22.5 Å². The molecule has 1 aromatic heterocycles. The van der Waals surface area contributed by atoms with Crippen LogP contribution in [-0.4, -0.2) is 36.6 Å². The molecule has 1 aliphatic heterocycles. The number of aryl methyl sites for hydroxylation is 1. The van der Waals surface area contributed by atoms with Gasteiger partial charge >= 0.3 is 0 Å². The summed E-state index contributed by atoms with van der Waals surface area (Å²) in [5.74, 6) is 0. The minimum absolute atomic E-state index is 0.153. The molecular formula is C14H18N2O6S2. The summed E-state index contributed by atoms with van der Waals surface area (Å²) in [6.07, 6.45) is 0. The maximum atomic E-state index is 11.5. The van der Waals surface area contributed by atoms with Crippen LogP contribution in [-0.2, 0) is 20.2 Å². The fourth-order valence-electron chi connectivity index (χ4n) is 3.04. The Morgan fingerprint density at radius 2 is 1.54 bits per heavy atom. The highest BCUT2D eigenvalue weighted by Gasteiger charge is 2.30. The van der Waals surface area contributed by atoms with Crippen molar-refractivity contribution in [1.82, 2.24) is 4.98 Å². The highest BCUT2D eigenvalue weighted by atomic mass is 32.2. The Balaban J connectivity index is 2.78. The van der Waals surface area contributed by atoms with Crippen molar-refractivity contribution in [3.63, 3.8) is 0 Å². The van der Waals surface area contributed by atoms with E-state index < -0.39 is 20.2 Å². The Kier molecular flexibility index (Phi) is 4.38. The topological polar surface area (TPSA) is 137 Å². The predicted molar refractivity (Wildman–Crippen MR) is 90.0 cm³/mol. The lowest BCUT2D eigenvalue weighted by atomic mass is 10.1. The van der Waals surface area contributed by atoms with Crippen LogP contribution in [0, 0.1) is 13.8 Å². The number of aromatic nitrogens is 1. The largest absolute Gasteiger partial charge is 0.357 e. The van der Waals surface area contributed by atoms with E-state index in [2.05, 4.69) is 9.98 Å². The number of hydrogen-bond donors (Lipinski definition) is 3. The maximum Gasteiger partial charge on any atom is 0.296 e. The van der Waals surface area contributed by atoms with Gasteiger partial charge < -0.3 is 4.98 Å². The first kappa shape index (κ1) is 18.6. The highest BCUT2D eigenvalue weighted by Crippen LogP contribution is 2.36. The molecule has 8 nitrogen and oxygen atoms in total. The normalized spacial score (nSPS) is 18.2. The Hall–Kier alpha value is -1.75. The van der Waals surface area contributed by atoms with Crippen LogP contribution in [0.2, 0.25) is 0 Å². The van der Waals surface area contributed by atoms with Crippen LogP contribution >= 0.6 is 0 Å². The molecule has 1 aromatic rings. The Morgan fingerprint density at radius 3 is 1.92 bits per heavy atom. The zero-order chi connectivity index (χ0) is 18.6. The van der Waals surface area contributed by atoms with Gasteiger partial charge in [-0.25, -0.2) is 0 Å². The van der Waals surface area contributed by atoms with Crippen molar-refractivity contribution in [1.29, 1.82) is 0 Å². The van der Waals surface area contributed by atoms with Crippen LogP contribution < -0.4 is 0 Å². The molecule has 0 spiro atoms. The summed E-state index contributed by atoms with van der Waals surface area (Å²) in [5.41, 5.74) is 2.24. The molecule has 0 aromatic carbocycles. The predicted octanol–water partition coefficient (Wildman–Crippen LogP) is 2.25. The maximum absolute atomic E-state index is 11.5. The molecule has 0 amide bonds. The van der Waals surface area contributed by atoms with Crippen molar-refractivity contribution in [3.05, 3.63) is 33.1 Å². The summed E-state index contributed by atoms with van der Waals surface area (Å²) in [6.45, 7) is 7.65. The van der Waals surface area contributed by atoms with E-state index in [0.717, 1.165) is 0 Å². The zero-order valence-corrected chi connectivity index (χ0v) is 15.4. The number of rotatable bonds is 3. The number of allylic oxidation sites excluding steroid dienone is 3. The summed E-state index contributed by atoms with van der Waals surface area (Å²) < 4.78 is 64.7. The minimum atomic E-state index is -4.42. The van der Waals surface area contributed by atoms with Gasteiger partial charge in [-0.05, 0) is 51.3 Å². The second kappa shape index (κ2) is 5.66. The van der Waals surface area contributed by atoms with Gasteiger partial charge in [0.1, 0.15) is 9.80 Å². The Morgan fingerprint density at radius 1 is 1.00 bits per heavy atom. The van der Waals surface area contributed by atoms with Gasteiger partial charge in [-0.3, -0.25) is 14.1 Å². The third kappa shape index (κ3) is 2.97. The molecule has 0 atom stereocenters. The van der Waals surface area contributed by atoms with Crippen molar-refractivity contribution in [2.45, 2.75) is 39.5 Å². The van der Waals surface area contributed by atoms with Crippen LogP contribution in [0.25, 0.3) is 5.57 Å². The molecule has 10 heteroatoms. The average molecular weight is 374 g/mol. The number of nitrogens with zero attached hydrogens (tertiary/aromatic N) is 1. The smallest absolute Gasteiger partial charge is 0.296 e. The molecule has 0 saturated carbocycles.